The fourth-order valence-corrected chi connectivity index (χ4v) is 2.25. The number of rotatable bonds is 4. The third-order valence-electron chi connectivity index (χ3n) is 3.19. The van der Waals surface area contributed by atoms with Crippen molar-refractivity contribution in [2.45, 2.75) is 57.7 Å². The number of carbonyl (C=O) groups excluding carboxylic acids is 1. The van der Waals surface area contributed by atoms with Gasteiger partial charge in [-0.3, -0.25) is 0 Å². The molecule has 1 rings (SSSR count). The van der Waals surface area contributed by atoms with Crippen LogP contribution in [0, 0.1) is 5.92 Å². The number of halogens is 1. The lowest BCUT2D eigenvalue weighted by atomic mass is 9.91. The van der Waals surface area contributed by atoms with Crippen LogP contribution in [0.15, 0.2) is 0 Å². The number of hydrogen-bond acceptors (Lipinski definition) is 3. The van der Waals surface area contributed by atoms with Crippen molar-refractivity contribution in [3.05, 3.63) is 0 Å². The smallest absolute Gasteiger partial charge is 0.343 e. The van der Waals surface area contributed by atoms with Crippen LogP contribution in [0.25, 0.3) is 0 Å². The minimum absolute atomic E-state index is 0.0955. The zero-order valence-corrected chi connectivity index (χ0v) is 9.82. The molecule has 94 valence electrons. The van der Waals surface area contributed by atoms with E-state index in [4.69, 9.17) is 0 Å². The van der Waals surface area contributed by atoms with Crippen LogP contribution in [0.3, 0.4) is 0 Å². The number of aliphatic hydroxyl groups excluding tert-OH is 1. The van der Waals surface area contributed by atoms with Crippen LogP contribution in [0.5, 0.6) is 0 Å². The molecule has 0 bridgehead atoms. The Hall–Kier alpha value is -0.640. The number of carbonyl (C=O) groups is 1. The van der Waals surface area contributed by atoms with Crippen LogP contribution in [0.4, 0.5) is 4.39 Å². The van der Waals surface area contributed by atoms with Crippen LogP contribution < -0.4 is 0 Å². The second-order valence-corrected chi connectivity index (χ2v) is 4.40. The summed E-state index contributed by atoms with van der Waals surface area (Å²) >= 11 is 0. The van der Waals surface area contributed by atoms with Gasteiger partial charge in [0.05, 0.1) is 12.7 Å². The van der Waals surface area contributed by atoms with E-state index >= 15 is 0 Å². The third kappa shape index (κ3) is 3.74. The molecule has 3 nitrogen and oxygen atoms in total. The molecule has 0 radical (unpaired) electrons. The van der Waals surface area contributed by atoms with Crippen molar-refractivity contribution in [3.8, 4) is 0 Å². The van der Waals surface area contributed by atoms with Gasteiger partial charge in [-0.25, -0.2) is 9.18 Å². The van der Waals surface area contributed by atoms with Gasteiger partial charge < -0.3 is 9.84 Å². The number of esters is 1. The van der Waals surface area contributed by atoms with Gasteiger partial charge in [-0.1, -0.05) is 25.7 Å². The zero-order chi connectivity index (χ0) is 12.0. The van der Waals surface area contributed by atoms with E-state index in [0.29, 0.717) is 0 Å². The Labute approximate surface area is 96.0 Å². The Bertz CT molecular complexity index is 212. The Morgan fingerprint density at radius 3 is 2.44 bits per heavy atom. The maximum absolute atomic E-state index is 13.6. The monoisotopic (exact) mass is 232 g/mol. The van der Waals surface area contributed by atoms with Crippen molar-refractivity contribution in [2.75, 3.05) is 6.61 Å². The highest BCUT2D eigenvalue weighted by atomic mass is 19.1. The third-order valence-corrected chi connectivity index (χ3v) is 3.19. The van der Waals surface area contributed by atoms with Crippen LogP contribution in [-0.2, 0) is 9.53 Å². The normalized spacial score (nSPS) is 22.2. The van der Waals surface area contributed by atoms with E-state index in [9.17, 15) is 14.3 Å². The summed E-state index contributed by atoms with van der Waals surface area (Å²) in [6.45, 7) is 1.78. The summed E-state index contributed by atoms with van der Waals surface area (Å²) in [7, 11) is 0. The summed E-state index contributed by atoms with van der Waals surface area (Å²) < 4.78 is 18.1. The minimum atomic E-state index is -1.89. The number of alkyl halides is 1. The summed E-state index contributed by atoms with van der Waals surface area (Å²) in [6, 6.07) is 0. The zero-order valence-electron chi connectivity index (χ0n) is 9.82. The summed E-state index contributed by atoms with van der Waals surface area (Å²) in [4.78, 5) is 11.2. The quantitative estimate of drug-likeness (QED) is 0.597. The molecular weight excluding hydrogens is 211 g/mol. The molecule has 2 unspecified atom stereocenters. The van der Waals surface area contributed by atoms with Crippen molar-refractivity contribution in [1.82, 2.24) is 0 Å². The molecule has 1 aliphatic rings. The summed E-state index contributed by atoms with van der Waals surface area (Å²) in [5, 5.41) is 9.79. The highest BCUT2D eigenvalue weighted by Crippen LogP contribution is 2.27. The molecule has 0 saturated heterocycles. The van der Waals surface area contributed by atoms with Gasteiger partial charge in [-0.05, 0) is 25.7 Å². The van der Waals surface area contributed by atoms with Crippen molar-refractivity contribution in [1.29, 1.82) is 0 Å². The summed E-state index contributed by atoms with van der Waals surface area (Å²) in [5.74, 6) is -1.03. The van der Waals surface area contributed by atoms with Crippen molar-refractivity contribution >= 4 is 5.97 Å². The Morgan fingerprint density at radius 2 is 1.94 bits per heavy atom. The lowest BCUT2D eigenvalue weighted by Crippen LogP contribution is -2.37. The molecule has 0 aromatic rings. The number of hydrogen-bond donors (Lipinski definition) is 1. The van der Waals surface area contributed by atoms with E-state index in [-0.39, 0.29) is 12.5 Å². The van der Waals surface area contributed by atoms with E-state index < -0.39 is 18.2 Å². The number of aliphatic hydroxyl groups is 1. The van der Waals surface area contributed by atoms with Gasteiger partial charge >= 0.3 is 5.97 Å². The largest absolute Gasteiger partial charge is 0.464 e. The fourth-order valence-electron chi connectivity index (χ4n) is 2.25. The molecule has 0 spiro atoms. The predicted octanol–water partition coefficient (Wildman–Crippen LogP) is 2.22. The van der Waals surface area contributed by atoms with E-state index in [1.54, 1.807) is 6.92 Å². The molecule has 0 aromatic carbocycles. The molecule has 0 aromatic heterocycles. The number of ether oxygens (including phenoxy) is 1. The first-order chi connectivity index (χ1) is 7.66. The molecule has 0 aliphatic heterocycles. The van der Waals surface area contributed by atoms with Crippen LogP contribution in [-0.4, -0.2) is 30.0 Å². The van der Waals surface area contributed by atoms with Gasteiger partial charge in [0.25, 0.3) is 0 Å². The van der Waals surface area contributed by atoms with Gasteiger partial charge in [-0.15, -0.1) is 0 Å². The first-order valence-electron chi connectivity index (χ1n) is 6.15. The van der Waals surface area contributed by atoms with Gasteiger partial charge in [-0.2, -0.15) is 0 Å². The lowest BCUT2D eigenvalue weighted by molar-refractivity contribution is -0.155. The fraction of sp³-hybridized carbons (Fsp3) is 0.917. The van der Waals surface area contributed by atoms with Crippen LogP contribution in [0.2, 0.25) is 0 Å². The molecule has 1 aliphatic carbocycles. The van der Waals surface area contributed by atoms with Crippen LogP contribution in [0.1, 0.15) is 45.4 Å². The molecular formula is C12H21FO3. The second kappa shape index (κ2) is 6.84. The van der Waals surface area contributed by atoms with Gasteiger partial charge in [0.2, 0.25) is 6.17 Å². The molecule has 16 heavy (non-hydrogen) atoms. The topological polar surface area (TPSA) is 46.5 Å². The average molecular weight is 232 g/mol. The standard InChI is InChI=1S/C12H21FO3/c1-2-16-12(15)10(13)11(14)9-7-5-3-4-6-8-9/h9-11,14H,2-8H2,1H3. The molecule has 1 fully saturated rings. The Morgan fingerprint density at radius 1 is 1.38 bits per heavy atom. The van der Waals surface area contributed by atoms with E-state index in [0.717, 1.165) is 38.5 Å². The lowest BCUT2D eigenvalue weighted by Gasteiger charge is -2.23. The van der Waals surface area contributed by atoms with E-state index in [2.05, 4.69) is 4.74 Å². The van der Waals surface area contributed by atoms with E-state index in [1.165, 1.54) is 0 Å². The van der Waals surface area contributed by atoms with Crippen molar-refractivity contribution in [3.63, 3.8) is 0 Å². The van der Waals surface area contributed by atoms with E-state index in [1.807, 2.05) is 0 Å². The van der Waals surface area contributed by atoms with Crippen molar-refractivity contribution in [2.24, 2.45) is 5.92 Å². The summed E-state index contributed by atoms with van der Waals surface area (Å²) in [6.07, 6.45) is 2.83. The van der Waals surface area contributed by atoms with Crippen LogP contribution >= 0.6 is 0 Å². The highest BCUT2D eigenvalue weighted by Gasteiger charge is 2.33. The second-order valence-electron chi connectivity index (χ2n) is 4.40. The molecule has 4 heteroatoms. The minimum Gasteiger partial charge on any atom is -0.464 e. The van der Waals surface area contributed by atoms with Gasteiger partial charge in [0, 0.05) is 0 Å². The summed E-state index contributed by atoms with van der Waals surface area (Å²) in [5.41, 5.74) is 0. The first kappa shape index (κ1) is 13.4. The molecule has 1 saturated carbocycles. The average Bonchev–Trinajstić information content (AvgIpc) is 2.56. The SMILES string of the molecule is CCOC(=O)C(F)C(O)C1CCCCCC1. The molecule has 1 N–H and O–H groups in total. The Balaban J connectivity index is 2.47. The van der Waals surface area contributed by atoms with Crippen molar-refractivity contribution < 1.29 is 19.0 Å². The molecule has 2 atom stereocenters. The maximum atomic E-state index is 13.6. The molecule has 0 heterocycles. The maximum Gasteiger partial charge on any atom is 0.343 e. The van der Waals surface area contributed by atoms with Gasteiger partial charge in [0.15, 0.2) is 0 Å². The molecule has 0 amide bonds. The first-order valence-corrected chi connectivity index (χ1v) is 6.15. The highest BCUT2D eigenvalue weighted by molar-refractivity contribution is 5.75. The predicted molar refractivity (Wildman–Crippen MR) is 58.7 cm³/mol. The Kier molecular flexibility index (Phi) is 5.74. The van der Waals surface area contributed by atoms with Gasteiger partial charge in [0.1, 0.15) is 0 Å².